The number of fused-ring (bicyclic) bond motifs is 1. The van der Waals surface area contributed by atoms with Gasteiger partial charge in [-0.05, 0) is 29.7 Å². The third kappa shape index (κ3) is 3.11. The lowest BCUT2D eigenvalue weighted by Gasteiger charge is -2.11. The Labute approximate surface area is 125 Å². The molecule has 0 fully saturated rings. The average Bonchev–Trinajstić information content (AvgIpc) is 2.55. The molecular weight excluding hydrogens is 258 g/mol. The van der Waals surface area contributed by atoms with Crippen molar-refractivity contribution in [3.05, 3.63) is 77.5 Å². The molecule has 1 atom stereocenters. The normalized spacial score (nSPS) is 12.5. The van der Waals surface area contributed by atoms with Gasteiger partial charge in [0.25, 0.3) is 0 Å². The fraction of sp³-hybridized carbons (Fsp3) is 0.211. The van der Waals surface area contributed by atoms with Crippen molar-refractivity contribution < 1.29 is 5.11 Å². The topological polar surface area (TPSA) is 33.1 Å². The van der Waals surface area contributed by atoms with Gasteiger partial charge in [0.1, 0.15) is 0 Å². The van der Waals surface area contributed by atoms with Crippen LogP contribution in [0.25, 0.3) is 10.9 Å². The van der Waals surface area contributed by atoms with Crippen LogP contribution in [0, 0.1) is 0 Å². The molecule has 1 N–H and O–H groups in total. The van der Waals surface area contributed by atoms with Gasteiger partial charge in [-0.15, -0.1) is 0 Å². The van der Waals surface area contributed by atoms with E-state index >= 15 is 0 Å². The highest BCUT2D eigenvalue weighted by Crippen LogP contribution is 2.20. The summed E-state index contributed by atoms with van der Waals surface area (Å²) >= 11 is 0. The second-order valence-electron chi connectivity index (χ2n) is 5.31. The number of rotatable bonds is 4. The summed E-state index contributed by atoms with van der Waals surface area (Å²) in [5.41, 5.74) is 4.13. The first-order chi connectivity index (χ1) is 10.3. The molecule has 1 aromatic heterocycles. The van der Waals surface area contributed by atoms with Crippen LogP contribution in [0.1, 0.15) is 29.8 Å². The van der Waals surface area contributed by atoms with E-state index in [0.29, 0.717) is 6.42 Å². The first-order valence-corrected chi connectivity index (χ1v) is 7.38. The van der Waals surface area contributed by atoms with Crippen molar-refractivity contribution >= 4 is 10.9 Å². The molecule has 0 aliphatic rings. The molecule has 1 unspecified atom stereocenters. The van der Waals surface area contributed by atoms with E-state index in [1.54, 1.807) is 0 Å². The molecule has 2 nitrogen and oxygen atoms in total. The van der Waals surface area contributed by atoms with Crippen molar-refractivity contribution in [2.24, 2.45) is 0 Å². The zero-order chi connectivity index (χ0) is 14.7. The molecule has 3 rings (SSSR count). The molecule has 0 saturated heterocycles. The quantitative estimate of drug-likeness (QED) is 0.779. The van der Waals surface area contributed by atoms with Crippen LogP contribution in [0.5, 0.6) is 0 Å². The van der Waals surface area contributed by atoms with Crippen LogP contribution in [0.2, 0.25) is 0 Å². The number of nitrogens with zero attached hydrogens (tertiary/aromatic N) is 1. The number of aliphatic hydroxyl groups excluding tert-OH is 1. The van der Waals surface area contributed by atoms with E-state index < -0.39 is 6.10 Å². The second-order valence-corrected chi connectivity index (χ2v) is 5.31. The number of aryl methyl sites for hydroxylation is 1. The smallest absolute Gasteiger partial charge is 0.0845 e. The Bertz CT molecular complexity index is 734. The van der Waals surface area contributed by atoms with Gasteiger partial charge >= 0.3 is 0 Å². The van der Waals surface area contributed by atoms with E-state index in [1.807, 2.05) is 42.5 Å². The van der Waals surface area contributed by atoms with Crippen molar-refractivity contribution in [1.29, 1.82) is 0 Å². The number of hydrogen-bond donors (Lipinski definition) is 1. The van der Waals surface area contributed by atoms with Gasteiger partial charge in [-0.1, -0.05) is 55.5 Å². The van der Waals surface area contributed by atoms with Gasteiger partial charge in [-0.25, -0.2) is 0 Å². The van der Waals surface area contributed by atoms with E-state index in [9.17, 15) is 5.11 Å². The average molecular weight is 277 g/mol. The molecule has 0 saturated carbocycles. The van der Waals surface area contributed by atoms with Crippen molar-refractivity contribution in [2.75, 3.05) is 0 Å². The lowest BCUT2D eigenvalue weighted by atomic mass is 10.0. The number of benzene rings is 2. The number of aromatic nitrogens is 1. The maximum absolute atomic E-state index is 10.4. The molecule has 0 amide bonds. The lowest BCUT2D eigenvalue weighted by molar-refractivity contribution is 0.177. The second kappa shape index (κ2) is 6.06. The van der Waals surface area contributed by atoms with Crippen LogP contribution in [0.4, 0.5) is 0 Å². The summed E-state index contributed by atoms with van der Waals surface area (Å²) in [5.74, 6) is 0. The van der Waals surface area contributed by atoms with Gasteiger partial charge in [-0.3, -0.25) is 4.98 Å². The summed E-state index contributed by atoms with van der Waals surface area (Å²) in [5, 5.41) is 11.5. The van der Waals surface area contributed by atoms with Gasteiger partial charge in [0.2, 0.25) is 0 Å². The maximum atomic E-state index is 10.4. The Morgan fingerprint density at radius 1 is 0.952 bits per heavy atom. The van der Waals surface area contributed by atoms with E-state index in [-0.39, 0.29) is 0 Å². The number of pyridine rings is 1. The molecule has 0 aliphatic carbocycles. The van der Waals surface area contributed by atoms with Crippen molar-refractivity contribution in [2.45, 2.75) is 25.9 Å². The zero-order valence-corrected chi connectivity index (χ0v) is 12.2. The Morgan fingerprint density at radius 3 is 2.48 bits per heavy atom. The van der Waals surface area contributed by atoms with Gasteiger partial charge in [0, 0.05) is 17.5 Å². The highest BCUT2D eigenvalue weighted by molar-refractivity contribution is 5.78. The lowest BCUT2D eigenvalue weighted by Crippen LogP contribution is -2.03. The van der Waals surface area contributed by atoms with Crippen LogP contribution < -0.4 is 0 Å². The van der Waals surface area contributed by atoms with Gasteiger partial charge < -0.3 is 5.11 Å². The third-order valence-electron chi connectivity index (χ3n) is 3.83. The Kier molecular flexibility index (Phi) is 3.98. The number of para-hydroxylation sites is 1. The third-order valence-corrected chi connectivity index (χ3v) is 3.83. The minimum absolute atomic E-state index is 0.510. The Morgan fingerprint density at radius 2 is 1.71 bits per heavy atom. The van der Waals surface area contributed by atoms with Crippen LogP contribution in [-0.2, 0) is 12.8 Å². The van der Waals surface area contributed by atoms with Crippen molar-refractivity contribution in [1.82, 2.24) is 4.98 Å². The fourth-order valence-electron chi connectivity index (χ4n) is 2.51. The number of hydrogen-bond acceptors (Lipinski definition) is 2. The Hall–Kier alpha value is -2.19. The summed E-state index contributed by atoms with van der Waals surface area (Å²) in [7, 11) is 0. The van der Waals surface area contributed by atoms with Crippen LogP contribution in [0.3, 0.4) is 0 Å². The molecule has 21 heavy (non-hydrogen) atoms. The predicted octanol–water partition coefficient (Wildman–Crippen LogP) is 4.07. The summed E-state index contributed by atoms with van der Waals surface area (Å²) < 4.78 is 0. The van der Waals surface area contributed by atoms with Crippen LogP contribution in [0.15, 0.2) is 60.7 Å². The maximum Gasteiger partial charge on any atom is 0.0845 e. The Balaban J connectivity index is 1.79. The monoisotopic (exact) mass is 277 g/mol. The molecule has 0 bridgehead atoms. The van der Waals surface area contributed by atoms with E-state index in [4.69, 9.17) is 0 Å². The van der Waals surface area contributed by atoms with Gasteiger partial charge in [-0.2, -0.15) is 0 Å². The first kappa shape index (κ1) is 13.8. The molecule has 3 aromatic rings. The molecule has 2 heteroatoms. The largest absolute Gasteiger partial charge is 0.388 e. The summed E-state index contributed by atoms with van der Waals surface area (Å²) in [6.07, 6.45) is 1.04. The number of aliphatic hydroxyl groups is 1. The van der Waals surface area contributed by atoms with Crippen LogP contribution in [-0.4, -0.2) is 10.1 Å². The summed E-state index contributed by atoms with van der Waals surface area (Å²) in [4.78, 5) is 4.61. The van der Waals surface area contributed by atoms with E-state index in [2.05, 4.69) is 30.1 Å². The predicted molar refractivity (Wildman–Crippen MR) is 86.2 cm³/mol. The SMILES string of the molecule is CCc1ccc(C(O)Cc2ccc3ccccc3n2)cc1. The van der Waals surface area contributed by atoms with Crippen molar-refractivity contribution in [3.8, 4) is 0 Å². The minimum atomic E-state index is -0.510. The van der Waals surface area contributed by atoms with E-state index in [1.165, 1.54) is 5.56 Å². The highest BCUT2D eigenvalue weighted by Gasteiger charge is 2.10. The highest BCUT2D eigenvalue weighted by atomic mass is 16.3. The fourth-order valence-corrected chi connectivity index (χ4v) is 2.51. The molecule has 106 valence electrons. The van der Waals surface area contributed by atoms with Crippen LogP contribution >= 0.6 is 0 Å². The standard InChI is InChI=1S/C19H19NO/c1-2-14-7-9-16(10-8-14)19(21)13-17-12-11-15-5-3-4-6-18(15)20-17/h3-12,19,21H,2,13H2,1H3. The van der Waals surface area contributed by atoms with E-state index in [0.717, 1.165) is 28.6 Å². The molecule has 0 radical (unpaired) electrons. The summed E-state index contributed by atoms with van der Waals surface area (Å²) in [6.45, 7) is 2.13. The van der Waals surface area contributed by atoms with Crippen molar-refractivity contribution in [3.63, 3.8) is 0 Å². The molecule has 0 aliphatic heterocycles. The zero-order valence-electron chi connectivity index (χ0n) is 12.2. The summed E-state index contributed by atoms with van der Waals surface area (Å²) in [6, 6.07) is 20.3. The minimum Gasteiger partial charge on any atom is -0.388 e. The molecule has 0 spiro atoms. The molecule has 1 heterocycles. The molecular formula is C19H19NO. The molecule has 2 aromatic carbocycles. The first-order valence-electron chi connectivity index (χ1n) is 7.38. The van der Waals surface area contributed by atoms with Gasteiger partial charge in [0.05, 0.1) is 11.6 Å². The van der Waals surface area contributed by atoms with Gasteiger partial charge in [0.15, 0.2) is 0 Å².